The lowest BCUT2D eigenvalue weighted by molar-refractivity contribution is 0.360. The third-order valence-corrected chi connectivity index (χ3v) is 5.68. The zero-order valence-electron chi connectivity index (χ0n) is 13.4. The Kier molecular flexibility index (Phi) is 6.23. The molecule has 0 spiro atoms. The molecule has 0 atom stereocenters. The molecular formula is C17H21ClN2O3S. The van der Waals surface area contributed by atoms with Gasteiger partial charge in [-0.3, -0.25) is 0 Å². The van der Waals surface area contributed by atoms with Crippen molar-refractivity contribution >= 4 is 22.4 Å². The molecule has 0 amide bonds. The van der Waals surface area contributed by atoms with Crippen molar-refractivity contribution in [3.63, 3.8) is 0 Å². The molecule has 1 aliphatic rings. The van der Waals surface area contributed by atoms with Gasteiger partial charge in [0.25, 0.3) is 0 Å². The van der Waals surface area contributed by atoms with Crippen molar-refractivity contribution in [2.45, 2.75) is 11.8 Å². The van der Waals surface area contributed by atoms with E-state index in [4.69, 9.17) is 4.74 Å². The first-order valence-electron chi connectivity index (χ1n) is 7.61. The molecular weight excluding hydrogens is 348 g/mol. The second-order valence-electron chi connectivity index (χ2n) is 5.54. The Morgan fingerprint density at radius 1 is 1.00 bits per heavy atom. The Morgan fingerprint density at radius 2 is 1.67 bits per heavy atom. The van der Waals surface area contributed by atoms with Crippen LogP contribution >= 0.6 is 12.4 Å². The average molecular weight is 369 g/mol. The summed E-state index contributed by atoms with van der Waals surface area (Å²) in [5.74, 6) is 1.36. The summed E-state index contributed by atoms with van der Waals surface area (Å²) in [7, 11) is -3.42. The van der Waals surface area contributed by atoms with Gasteiger partial charge in [0.2, 0.25) is 10.0 Å². The molecule has 0 radical (unpaired) electrons. The van der Waals surface area contributed by atoms with Crippen LogP contribution in [0.25, 0.3) is 0 Å². The normalized spacial score (nSPS) is 15.5. The lowest BCUT2D eigenvalue weighted by atomic mass is 10.2. The molecule has 0 saturated carbocycles. The number of ether oxygens (including phenoxy) is 1. The standard InChI is InChI=1S/C17H20N2O3S.ClH/c1-14-3-2-4-16(13-14)22-15-5-7-17(8-6-15)23(20,21)19-11-9-18-10-12-19;/h2-8,13,18H,9-12H2,1H3;1H. The van der Waals surface area contributed by atoms with Gasteiger partial charge in [-0.15, -0.1) is 12.4 Å². The van der Waals surface area contributed by atoms with Gasteiger partial charge in [0, 0.05) is 26.2 Å². The monoisotopic (exact) mass is 368 g/mol. The van der Waals surface area contributed by atoms with E-state index in [1.165, 1.54) is 4.31 Å². The van der Waals surface area contributed by atoms with Gasteiger partial charge < -0.3 is 10.1 Å². The predicted molar refractivity (Wildman–Crippen MR) is 96.6 cm³/mol. The largest absolute Gasteiger partial charge is 0.457 e. The van der Waals surface area contributed by atoms with E-state index in [0.29, 0.717) is 36.8 Å². The predicted octanol–water partition coefficient (Wildman–Crippen LogP) is 2.80. The van der Waals surface area contributed by atoms with Gasteiger partial charge in [0.05, 0.1) is 4.90 Å². The minimum Gasteiger partial charge on any atom is -0.457 e. The summed E-state index contributed by atoms with van der Waals surface area (Å²) in [4.78, 5) is 0.302. The third kappa shape index (κ3) is 4.27. The summed E-state index contributed by atoms with van der Waals surface area (Å²) >= 11 is 0. The van der Waals surface area contributed by atoms with Gasteiger partial charge in [-0.25, -0.2) is 8.42 Å². The number of nitrogens with zero attached hydrogens (tertiary/aromatic N) is 1. The zero-order valence-corrected chi connectivity index (χ0v) is 15.1. The molecule has 0 aliphatic carbocycles. The first kappa shape index (κ1) is 18.7. The van der Waals surface area contributed by atoms with Crippen LogP contribution in [0, 0.1) is 6.92 Å². The fraction of sp³-hybridized carbons (Fsp3) is 0.294. The molecule has 2 aromatic rings. The number of benzene rings is 2. The first-order chi connectivity index (χ1) is 11.1. The molecule has 1 saturated heterocycles. The Bertz CT molecular complexity index is 773. The summed E-state index contributed by atoms with van der Waals surface area (Å²) in [6.07, 6.45) is 0. The topological polar surface area (TPSA) is 58.6 Å². The number of aryl methyl sites for hydroxylation is 1. The second kappa shape index (κ2) is 7.98. The lowest BCUT2D eigenvalue weighted by Crippen LogP contribution is -2.46. The molecule has 130 valence electrons. The maximum absolute atomic E-state index is 12.6. The fourth-order valence-electron chi connectivity index (χ4n) is 2.53. The van der Waals surface area contributed by atoms with Crippen LogP contribution in [0.15, 0.2) is 53.4 Å². The van der Waals surface area contributed by atoms with Crippen LogP contribution in [0.5, 0.6) is 11.5 Å². The summed E-state index contributed by atoms with van der Waals surface area (Å²) < 4.78 is 32.4. The number of hydrogen-bond acceptors (Lipinski definition) is 4. The van der Waals surface area contributed by atoms with E-state index in [1.807, 2.05) is 31.2 Å². The van der Waals surface area contributed by atoms with Crippen molar-refractivity contribution in [1.82, 2.24) is 9.62 Å². The van der Waals surface area contributed by atoms with E-state index in [1.54, 1.807) is 24.3 Å². The molecule has 24 heavy (non-hydrogen) atoms. The molecule has 1 fully saturated rings. The van der Waals surface area contributed by atoms with Gasteiger partial charge in [-0.2, -0.15) is 4.31 Å². The maximum atomic E-state index is 12.6. The van der Waals surface area contributed by atoms with E-state index in [2.05, 4.69) is 5.32 Å². The molecule has 5 nitrogen and oxygen atoms in total. The van der Waals surface area contributed by atoms with Gasteiger partial charge in [0.15, 0.2) is 0 Å². The highest BCUT2D eigenvalue weighted by Crippen LogP contribution is 2.24. The van der Waals surface area contributed by atoms with Crippen LogP contribution in [-0.2, 0) is 10.0 Å². The molecule has 1 N–H and O–H groups in total. The van der Waals surface area contributed by atoms with Crippen molar-refractivity contribution in [3.8, 4) is 11.5 Å². The number of sulfonamides is 1. The van der Waals surface area contributed by atoms with Gasteiger partial charge in [-0.1, -0.05) is 12.1 Å². The Morgan fingerprint density at radius 3 is 2.29 bits per heavy atom. The van der Waals surface area contributed by atoms with Crippen LogP contribution in [0.4, 0.5) is 0 Å². The van der Waals surface area contributed by atoms with Crippen molar-refractivity contribution in [2.24, 2.45) is 0 Å². The van der Waals surface area contributed by atoms with Crippen LogP contribution in [0.3, 0.4) is 0 Å². The molecule has 3 rings (SSSR count). The van der Waals surface area contributed by atoms with Crippen molar-refractivity contribution < 1.29 is 13.2 Å². The summed E-state index contributed by atoms with van der Waals surface area (Å²) in [6, 6.07) is 14.3. The highest BCUT2D eigenvalue weighted by molar-refractivity contribution is 7.89. The average Bonchev–Trinajstić information content (AvgIpc) is 2.56. The van der Waals surface area contributed by atoms with E-state index in [9.17, 15) is 8.42 Å². The minimum absolute atomic E-state index is 0. The van der Waals surface area contributed by atoms with Gasteiger partial charge in [0.1, 0.15) is 11.5 Å². The molecule has 1 aliphatic heterocycles. The number of halogens is 1. The number of hydrogen-bond donors (Lipinski definition) is 1. The lowest BCUT2D eigenvalue weighted by Gasteiger charge is -2.26. The van der Waals surface area contributed by atoms with E-state index in [0.717, 1.165) is 11.3 Å². The third-order valence-electron chi connectivity index (χ3n) is 3.76. The number of rotatable bonds is 4. The van der Waals surface area contributed by atoms with E-state index < -0.39 is 10.0 Å². The molecule has 7 heteroatoms. The fourth-order valence-corrected chi connectivity index (χ4v) is 3.97. The molecule has 0 aromatic heterocycles. The Hall–Kier alpha value is -1.60. The summed E-state index contributed by atoms with van der Waals surface area (Å²) in [5.41, 5.74) is 1.11. The molecule has 1 heterocycles. The van der Waals surface area contributed by atoms with Crippen molar-refractivity contribution in [2.75, 3.05) is 26.2 Å². The van der Waals surface area contributed by atoms with Gasteiger partial charge >= 0.3 is 0 Å². The second-order valence-corrected chi connectivity index (χ2v) is 7.48. The zero-order chi connectivity index (χ0) is 16.3. The van der Waals surface area contributed by atoms with E-state index in [-0.39, 0.29) is 12.4 Å². The quantitative estimate of drug-likeness (QED) is 0.901. The Balaban J connectivity index is 0.00000208. The summed E-state index contributed by atoms with van der Waals surface area (Å²) in [5, 5.41) is 3.15. The molecule has 0 bridgehead atoms. The minimum atomic E-state index is -3.42. The van der Waals surface area contributed by atoms with Crippen LogP contribution in [0.1, 0.15) is 5.56 Å². The molecule has 0 unspecified atom stereocenters. The van der Waals surface area contributed by atoms with E-state index >= 15 is 0 Å². The van der Waals surface area contributed by atoms with Crippen LogP contribution < -0.4 is 10.1 Å². The SMILES string of the molecule is Cc1cccc(Oc2ccc(S(=O)(=O)N3CCNCC3)cc2)c1.Cl. The highest BCUT2D eigenvalue weighted by Gasteiger charge is 2.25. The number of nitrogens with one attached hydrogen (secondary N) is 1. The first-order valence-corrected chi connectivity index (χ1v) is 9.05. The van der Waals surface area contributed by atoms with Crippen LogP contribution in [-0.4, -0.2) is 38.9 Å². The van der Waals surface area contributed by atoms with Crippen molar-refractivity contribution in [3.05, 3.63) is 54.1 Å². The molecule has 2 aromatic carbocycles. The maximum Gasteiger partial charge on any atom is 0.243 e. The van der Waals surface area contributed by atoms with Crippen LogP contribution in [0.2, 0.25) is 0 Å². The summed E-state index contributed by atoms with van der Waals surface area (Å²) in [6.45, 7) is 4.38. The van der Waals surface area contributed by atoms with Crippen molar-refractivity contribution in [1.29, 1.82) is 0 Å². The smallest absolute Gasteiger partial charge is 0.243 e. The Labute approximate surface area is 149 Å². The highest BCUT2D eigenvalue weighted by atomic mass is 35.5. The number of piperazine rings is 1. The van der Waals surface area contributed by atoms with Gasteiger partial charge in [-0.05, 0) is 48.9 Å².